The summed E-state index contributed by atoms with van der Waals surface area (Å²) in [5.74, 6) is 0.709. The summed E-state index contributed by atoms with van der Waals surface area (Å²) < 4.78 is 4.84. The number of esters is 1. The predicted molar refractivity (Wildman–Crippen MR) is 78.5 cm³/mol. The van der Waals surface area contributed by atoms with Crippen LogP contribution in [0.25, 0.3) is 0 Å². The molecule has 1 heterocycles. The Labute approximate surface area is 117 Å². The van der Waals surface area contributed by atoms with Gasteiger partial charge in [-0.15, -0.1) is 0 Å². The number of benzene rings is 1. The second-order valence-electron chi connectivity index (χ2n) is 4.27. The first-order valence-electron chi connectivity index (χ1n) is 6.41. The van der Waals surface area contributed by atoms with Crippen molar-refractivity contribution in [1.29, 1.82) is 0 Å². The third-order valence-corrected chi connectivity index (χ3v) is 3.82. The second kappa shape index (κ2) is 7.19. The van der Waals surface area contributed by atoms with Crippen LogP contribution in [0.2, 0.25) is 0 Å². The molecule has 1 aliphatic rings. The molecule has 0 spiro atoms. The number of aliphatic imine (C=N–C) groups is 1. The fourth-order valence-electron chi connectivity index (χ4n) is 1.88. The van der Waals surface area contributed by atoms with E-state index in [0.717, 1.165) is 17.3 Å². The van der Waals surface area contributed by atoms with Crippen LogP contribution in [0.1, 0.15) is 12.5 Å². The molecule has 5 heteroatoms. The molecule has 2 rings (SSSR count). The van der Waals surface area contributed by atoms with Crippen molar-refractivity contribution in [3.05, 3.63) is 35.9 Å². The minimum absolute atomic E-state index is 0.0984. The number of ether oxygens (including phenoxy) is 1. The molecule has 1 unspecified atom stereocenters. The van der Waals surface area contributed by atoms with Gasteiger partial charge in [-0.3, -0.25) is 9.79 Å². The highest BCUT2D eigenvalue weighted by molar-refractivity contribution is 8.14. The fraction of sp³-hybridized carbons (Fsp3) is 0.429. The smallest absolute Gasteiger partial charge is 0.327 e. The summed E-state index contributed by atoms with van der Waals surface area (Å²) >= 11 is 1.66. The highest BCUT2D eigenvalue weighted by atomic mass is 32.2. The molecular formula is C14H18N2O2S. The lowest BCUT2D eigenvalue weighted by molar-refractivity contribution is -0.141. The van der Waals surface area contributed by atoms with Crippen molar-refractivity contribution >= 4 is 22.9 Å². The van der Waals surface area contributed by atoms with Gasteiger partial charge in [-0.25, -0.2) is 0 Å². The average molecular weight is 278 g/mol. The quantitative estimate of drug-likeness (QED) is 0.835. The maximum atomic E-state index is 11.2. The Bertz CT molecular complexity index is 448. The van der Waals surface area contributed by atoms with Crippen LogP contribution < -0.4 is 5.32 Å². The average Bonchev–Trinajstić information content (AvgIpc) is 2.86. The van der Waals surface area contributed by atoms with Gasteiger partial charge in [-0.1, -0.05) is 42.1 Å². The van der Waals surface area contributed by atoms with E-state index in [1.165, 1.54) is 5.56 Å². The molecule has 0 radical (unpaired) electrons. The Morgan fingerprint density at radius 3 is 3.00 bits per heavy atom. The molecule has 0 amide bonds. The van der Waals surface area contributed by atoms with Crippen LogP contribution in [0.3, 0.4) is 0 Å². The number of carbonyl (C=O) groups excluding carboxylic acids is 1. The van der Waals surface area contributed by atoms with Gasteiger partial charge in [-0.2, -0.15) is 0 Å². The zero-order valence-corrected chi connectivity index (χ0v) is 11.8. The van der Waals surface area contributed by atoms with E-state index in [4.69, 9.17) is 4.74 Å². The lowest BCUT2D eigenvalue weighted by Gasteiger charge is -2.09. The van der Waals surface area contributed by atoms with Crippen molar-refractivity contribution < 1.29 is 9.53 Å². The van der Waals surface area contributed by atoms with Crippen LogP contribution in [-0.4, -0.2) is 36.1 Å². The largest absolute Gasteiger partial charge is 0.465 e. The summed E-state index contributed by atoms with van der Waals surface area (Å²) in [5, 5.41) is 4.18. The van der Waals surface area contributed by atoms with Crippen molar-refractivity contribution in [3.8, 4) is 0 Å². The van der Waals surface area contributed by atoms with Crippen LogP contribution in [0.15, 0.2) is 35.3 Å². The molecule has 0 saturated carbocycles. The van der Waals surface area contributed by atoms with Crippen molar-refractivity contribution in [2.24, 2.45) is 4.99 Å². The Morgan fingerprint density at radius 1 is 1.47 bits per heavy atom. The van der Waals surface area contributed by atoms with E-state index in [9.17, 15) is 4.79 Å². The van der Waals surface area contributed by atoms with E-state index in [1.54, 1.807) is 18.7 Å². The zero-order chi connectivity index (χ0) is 13.5. The number of hydrogen-bond donors (Lipinski definition) is 1. The van der Waals surface area contributed by atoms with E-state index in [-0.39, 0.29) is 12.5 Å². The lowest BCUT2D eigenvalue weighted by atomic mass is 10.1. The first-order chi connectivity index (χ1) is 9.28. The number of rotatable bonds is 5. The first kappa shape index (κ1) is 13.9. The van der Waals surface area contributed by atoms with Gasteiger partial charge in [0.05, 0.1) is 6.61 Å². The van der Waals surface area contributed by atoms with Crippen LogP contribution >= 0.6 is 11.8 Å². The van der Waals surface area contributed by atoms with E-state index in [2.05, 4.69) is 22.4 Å². The standard InChI is InChI=1S/C14H18N2O2S/c1-2-18-13(17)9-15-14-16-12(10-19-14)8-11-6-4-3-5-7-11/h3-7,12H,2,8-10H2,1H3,(H,15,16). The van der Waals surface area contributed by atoms with E-state index < -0.39 is 0 Å². The molecule has 1 aromatic carbocycles. The van der Waals surface area contributed by atoms with Gasteiger partial charge >= 0.3 is 5.97 Å². The highest BCUT2D eigenvalue weighted by Crippen LogP contribution is 2.17. The molecule has 1 fully saturated rings. The topological polar surface area (TPSA) is 50.7 Å². The number of thioether (sulfide) groups is 1. The van der Waals surface area contributed by atoms with Gasteiger partial charge in [-0.05, 0) is 18.9 Å². The zero-order valence-electron chi connectivity index (χ0n) is 11.0. The molecule has 0 aliphatic carbocycles. The Balaban J connectivity index is 1.80. The SMILES string of the molecule is CCOC(=O)CN=C1NC(Cc2ccccc2)CS1. The molecule has 0 aromatic heterocycles. The molecule has 4 nitrogen and oxygen atoms in total. The molecule has 1 aromatic rings. The molecular weight excluding hydrogens is 260 g/mol. The summed E-state index contributed by atoms with van der Waals surface area (Å²) in [6, 6.07) is 10.8. The lowest BCUT2D eigenvalue weighted by Crippen LogP contribution is -2.29. The maximum absolute atomic E-state index is 11.2. The number of amidine groups is 1. The van der Waals surface area contributed by atoms with Crippen molar-refractivity contribution in [1.82, 2.24) is 5.32 Å². The monoisotopic (exact) mass is 278 g/mol. The van der Waals surface area contributed by atoms with Crippen LogP contribution in [0.5, 0.6) is 0 Å². The van der Waals surface area contributed by atoms with E-state index in [1.807, 2.05) is 18.2 Å². The van der Waals surface area contributed by atoms with Gasteiger partial charge in [0.15, 0.2) is 5.17 Å². The Morgan fingerprint density at radius 2 is 2.26 bits per heavy atom. The van der Waals surface area contributed by atoms with Crippen molar-refractivity contribution in [3.63, 3.8) is 0 Å². The summed E-state index contributed by atoms with van der Waals surface area (Å²) in [5.41, 5.74) is 1.31. The third kappa shape index (κ3) is 4.59. The predicted octanol–water partition coefficient (Wildman–Crippen LogP) is 1.85. The molecule has 19 heavy (non-hydrogen) atoms. The fourth-order valence-corrected chi connectivity index (χ4v) is 2.85. The molecule has 0 bridgehead atoms. The molecule has 1 N–H and O–H groups in total. The van der Waals surface area contributed by atoms with Crippen molar-refractivity contribution in [2.75, 3.05) is 18.9 Å². The summed E-state index contributed by atoms with van der Waals surface area (Å²) in [6.07, 6.45) is 0.978. The van der Waals surface area contributed by atoms with Crippen LogP contribution in [0.4, 0.5) is 0 Å². The normalized spacial score (nSPS) is 20.3. The summed E-state index contributed by atoms with van der Waals surface area (Å²) in [6.45, 7) is 2.30. The van der Waals surface area contributed by atoms with Gasteiger partial charge in [0.2, 0.25) is 0 Å². The summed E-state index contributed by atoms with van der Waals surface area (Å²) in [7, 11) is 0. The second-order valence-corrected chi connectivity index (χ2v) is 5.28. The summed E-state index contributed by atoms with van der Waals surface area (Å²) in [4.78, 5) is 15.4. The molecule has 1 atom stereocenters. The maximum Gasteiger partial charge on any atom is 0.327 e. The Kier molecular flexibility index (Phi) is 5.27. The van der Waals surface area contributed by atoms with Crippen LogP contribution in [0, 0.1) is 0 Å². The number of hydrogen-bond acceptors (Lipinski definition) is 4. The highest BCUT2D eigenvalue weighted by Gasteiger charge is 2.20. The van der Waals surface area contributed by atoms with Gasteiger partial charge in [0.25, 0.3) is 0 Å². The van der Waals surface area contributed by atoms with Gasteiger partial charge < -0.3 is 10.1 Å². The number of carbonyl (C=O) groups is 1. The van der Waals surface area contributed by atoms with Crippen LogP contribution in [-0.2, 0) is 16.0 Å². The minimum Gasteiger partial charge on any atom is -0.465 e. The number of nitrogens with one attached hydrogen (secondary N) is 1. The Hall–Kier alpha value is -1.49. The van der Waals surface area contributed by atoms with Gasteiger partial charge in [0, 0.05) is 11.8 Å². The minimum atomic E-state index is -0.274. The molecule has 1 saturated heterocycles. The third-order valence-electron chi connectivity index (χ3n) is 2.73. The first-order valence-corrected chi connectivity index (χ1v) is 7.40. The van der Waals surface area contributed by atoms with E-state index in [0.29, 0.717) is 12.6 Å². The number of nitrogens with zero attached hydrogens (tertiary/aromatic N) is 1. The van der Waals surface area contributed by atoms with E-state index >= 15 is 0 Å². The molecule has 1 aliphatic heterocycles. The van der Waals surface area contributed by atoms with Gasteiger partial charge in [0.1, 0.15) is 6.54 Å². The molecule has 102 valence electrons. The van der Waals surface area contributed by atoms with Crippen molar-refractivity contribution in [2.45, 2.75) is 19.4 Å².